The molecule has 1 aromatic carbocycles. The molecule has 1 fully saturated rings. The lowest BCUT2D eigenvalue weighted by Gasteiger charge is -2.11. The minimum Gasteiger partial charge on any atom is -0.478 e. The van der Waals surface area contributed by atoms with Crippen molar-refractivity contribution in [2.24, 2.45) is 5.92 Å². The molecule has 1 saturated carbocycles. The van der Waals surface area contributed by atoms with Crippen LogP contribution in [-0.2, 0) is 11.0 Å². The number of alkyl halides is 3. The van der Waals surface area contributed by atoms with Crippen LogP contribution in [0.3, 0.4) is 0 Å². The molecule has 1 aliphatic carbocycles. The summed E-state index contributed by atoms with van der Waals surface area (Å²) in [6.45, 7) is 0. The Balaban J connectivity index is 2.25. The number of carboxylic acids is 1. The first-order valence-corrected chi connectivity index (χ1v) is 6.50. The number of aliphatic carboxylic acids is 1. The van der Waals surface area contributed by atoms with Gasteiger partial charge in [-0.2, -0.15) is 13.2 Å². The van der Waals surface area contributed by atoms with E-state index < -0.39 is 17.7 Å². The molecule has 2 rings (SSSR count). The topological polar surface area (TPSA) is 37.3 Å². The van der Waals surface area contributed by atoms with Gasteiger partial charge in [-0.3, -0.25) is 0 Å². The van der Waals surface area contributed by atoms with Gasteiger partial charge in [-0.25, -0.2) is 4.79 Å². The van der Waals surface area contributed by atoms with Crippen LogP contribution in [0, 0.1) is 5.92 Å². The highest BCUT2D eigenvalue weighted by atomic mass is 19.4. The highest BCUT2D eigenvalue weighted by Gasteiger charge is 2.30. The van der Waals surface area contributed by atoms with Gasteiger partial charge in [0.05, 0.1) is 5.56 Å². The molecule has 0 bridgehead atoms. The normalized spacial score (nSPS) is 17.4. The first-order chi connectivity index (χ1) is 9.38. The van der Waals surface area contributed by atoms with Gasteiger partial charge in [-0.1, -0.05) is 25.0 Å². The molecule has 20 heavy (non-hydrogen) atoms. The third-order valence-corrected chi connectivity index (χ3v) is 3.60. The number of halogens is 3. The molecule has 5 heteroatoms. The summed E-state index contributed by atoms with van der Waals surface area (Å²) in [4.78, 5) is 11.3. The SMILES string of the molecule is O=C(O)/C(=C/c1ccc(C(F)(F)F)cc1)C1CCCC1. The zero-order valence-corrected chi connectivity index (χ0v) is 10.8. The molecule has 0 atom stereocenters. The maximum Gasteiger partial charge on any atom is 0.416 e. The second-order valence-corrected chi connectivity index (χ2v) is 5.01. The van der Waals surface area contributed by atoms with Crippen molar-refractivity contribution in [1.82, 2.24) is 0 Å². The standard InChI is InChI=1S/C15H15F3O2/c16-15(17,18)12-7-5-10(6-8-12)9-13(14(19)20)11-3-1-2-4-11/h5-9,11H,1-4H2,(H,19,20)/b13-9+. The Morgan fingerprint density at radius 1 is 1.15 bits per heavy atom. The molecule has 0 aromatic heterocycles. The van der Waals surface area contributed by atoms with E-state index in [0.717, 1.165) is 37.8 Å². The molecule has 0 amide bonds. The zero-order valence-electron chi connectivity index (χ0n) is 10.8. The number of carbonyl (C=O) groups is 1. The van der Waals surface area contributed by atoms with Crippen molar-refractivity contribution in [3.8, 4) is 0 Å². The summed E-state index contributed by atoms with van der Waals surface area (Å²) in [6, 6.07) is 4.56. The van der Waals surface area contributed by atoms with Gasteiger partial charge < -0.3 is 5.11 Å². The van der Waals surface area contributed by atoms with Crippen molar-refractivity contribution >= 4 is 12.0 Å². The minimum absolute atomic E-state index is 0.00907. The van der Waals surface area contributed by atoms with Crippen LogP contribution in [0.15, 0.2) is 29.8 Å². The van der Waals surface area contributed by atoms with Crippen molar-refractivity contribution < 1.29 is 23.1 Å². The van der Waals surface area contributed by atoms with Crippen molar-refractivity contribution in [2.45, 2.75) is 31.9 Å². The van der Waals surface area contributed by atoms with Gasteiger partial charge in [0.1, 0.15) is 0 Å². The Hall–Kier alpha value is -1.78. The minimum atomic E-state index is -4.37. The summed E-state index contributed by atoms with van der Waals surface area (Å²) in [5.41, 5.74) is 0.0527. The summed E-state index contributed by atoms with van der Waals surface area (Å²) in [5.74, 6) is -0.980. The van der Waals surface area contributed by atoms with Gasteiger partial charge in [0.15, 0.2) is 0 Å². The average Bonchev–Trinajstić information content (AvgIpc) is 2.88. The van der Waals surface area contributed by atoms with Crippen LogP contribution in [0.1, 0.15) is 36.8 Å². The van der Waals surface area contributed by atoms with Crippen LogP contribution in [0.25, 0.3) is 6.08 Å². The van der Waals surface area contributed by atoms with E-state index in [4.69, 9.17) is 0 Å². The quantitative estimate of drug-likeness (QED) is 0.837. The molecule has 0 unspecified atom stereocenters. The van der Waals surface area contributed by atoms with Gasteiger partial charge in [0.25, 0.3) is 0 Å². The summed E-state index contributed by atoms with van der Waals surface area (Å²) in [5, 5.41) is 9.23. The van der Waals surface area contributed by atoms with Crippen molar-refractivity contribution in [1.29, 1.82) is 0 Å². The highest BCUT2D eigenvalue weighted by Crippen LogP contribution is 2.33. The molecule has 108 valence electrons. The van der Waals surface area contributed by atoms with E-state index in [-0.39, 0.29) is 5.92 Å². The van der Waals surface area contributed by atoms with Gasteiger partial charge in [-0.15, -0.1) is 0 Å². The monoisotopic (exact) mass is 284 g/mol. The molecule has 0 aliphatic heterocycles. The second kappa shape index (κ2) is 5.69. The molecule has 1 aliphatic rings. The lowest BCUT2D eigenvalue weighted by Crippen LogP contribution is -2.09. The molecule has 2 nitrogen and oxygen atoms in total. The molecule has 0 saturated heterocycles. The first-order valence-electron chi connectivity index (χ1n) is 6.50. The molecule has 0 radical (unpaired) electrons. The second-order valence-electron chi connectivity index (χ2n) is 5.01. The largest absolute Gasteiger partial charge is 0.478 e. The number of rotatable bonds is 3. The van der Waals surface area contributed by atoms with Crippen LogP contribution in [0.5, 0.6) is 0 Å². The molecule has 1 N–H and O–H groups in total. The molecule has 0 heterocycles. The maximum absolute atomic E-state index is 12.4. The third-order valence-electron chi connectivity index (χ3n) is 3.60. The van der Waals surface area contributed by atoms with E-state index in [2.05, 4.69) is 0 Å². The smallest absolute Gasteiger partial charge is 0.416 e. The van der Waals surface area contributed by atoms with Crippen LogP contribution >= 0.6 is 0 Å². The first kappa shape index (κ1) is 14.6. The number of hydrogen-bond donors (Lipinski definition) is 1. The molecular weight excluding hydrogens is 269 g/mol. The van der Waals surface area contributed by atoms with E-state index >= 15 is 0 Å². The fraction of sp³-hybridized carbons (Fsp3) is 0.400. The predicted molar refractivity (Wildman–Crippen MR) is 69.0 cm³/mol. The highest BCUT2D eigenvalue weighted by molar-refractivity contribution is 5.92. The fourth-order valence-corrected chi connectivity index (χ4v) is 2.54. The Morgan fingerprint density at radius 2 is 1.70 bits per heavy atom. The van der Waals surface area contributed by atoms with Gasteiger partial charge >= 0.3 is 12.1 Å². The summed E-state index contributed by atoms with van der Waals surface area (Å²) in [6.07, 6.45) is 0.782. The van der Waals surface area contributed by atoms with E-state index in [0.29, 0.717) is 11.1 Å². The average molecular weight is 284 g/mol. The zero-order chi connectivity index (χ0) is 14.8. The Kier molecular flexibility index (Phi) is 4.16. The van der Waals surface area contributed by atoms with E-state index in [9.17, 15) is 23.1 Å². The lowest BCUT2D eigenvalue weighted by atomic mass is 9.95. The summed E-state index contributed by atoms with van der Waals surface area (Å²) in [7, 11) is 0. The van der Waals surface area contributed by atoms with E-state index in [1.54, 1.807) is 0 Å². The van der Waals surface area contributed by atoms with E-state index in [1.807, 2.05) is 0 Å². The lowest BCUT2D eigenvalue weighted by molar-refractivity contribution is -0.137. The van der Waals surface area contributed by atoms with E-state index in [1.165, 1.54) is 18.2 Å². The van der Waals surface area contributed by atoms with Crippen molar-refractivity contribution in [2.75, 3.05) is 0 Å². The van der Waals surface area contributed by atoms with Crippen LogP contribution < -0.4 is 0 Å². The van der Waals surface area contributed by atoms with Crippen LogP contribution in [0.2, 0.25) is 0 Å². The number of hydrogen-bond acceptors (Lipinski definition) is 1. The van der Waals surface area contributed by atoms with Gasteiger partial charge in [0.2, 0.25) is 0 Å². The Bertz CT molecular complexity index is 509. The Labute approximate surface area is 114 Å². The summed E-state index contributed by atoms with van der Waals surface area (Å²) < 4.78 is 37.3. The maximum atomic E-state index is 12.4. The fourth-order valence-electron chi connectivity index (χ4n) is 2.54. The van der Waals surface area contributed by atoms with Crippen LogP contribution in [-0.4, -0.2) is 11.1 Å². The Morgan fingerprint density at radius 3 is 2.15 bits per heavy atom. The predicted octanol–water partition coefficient (Wildman–Crippen LogP) is 4.36. The summed E-state index contributed by atoms with van der Waals surface area (Å²) >= 11 is 0. The number of benzene rings is 1. The van der Waals surface area contributed by atoms with Gasteiger partial charge in [0, 0.05) is 5.57 Å². The number of carboxylic acid groups (broad SMARTS) is 1. The van der Waals surface area contributed by atoms with Gasteiger partial charge in [-0.05, 0) is 42.5 Å². The van der Waals surface area contributed by atoms with Crippen molar-refractivity contribution in [3.05, 3.63) is 41.0 Å². The molecule has 0 spiro atoms. The van der Waals surface area contributed by atoms with Crippen LogP contribution in [0.4, 0.5) is 13.2 Å². The third kappa shape index (κ3) is 3.40. The van der Waals surface area contributed by atoms with Crippen molar-refractivity contribution in [3.63, 3.8) is 0 Å². The molecule has 1 aromatic rings. The molecular formula is C15H15F3O2.